The minimum absolute atomic E-state index is 0.151. The second-order valence-corrected chi connectivity index (χ2v) is 6.56. The summed E-state index contributed by atoms with van der Waals surface area (Å²) in [5, 5.41) is 9.83. The van der Waals surface area contributed by atoms with E-state index in [2.05, 4.69) is 15.9 Å². The third-order valence-electron chi connectivity index (χ3n) is 3.64. The van der Waals surface area contributed by atoms with Gasteiger partial charge >= 0.3 is 11.9 Å². The molecule has 1 saturated heterocycles. The summed E-state index contributed by atoms with van der Waals surface area (Å²) in [4.78, 5) is 22.4. The van der Waals surface area contributed by atoms with Crippen LogP contribution in [0.15, 0.2) is 30.3 Å². The molecule has 0 bridgehead atoms. The predicted octanol–water partition coefficient (Wildman–Crippen LogP) is 1.55. The first kappa shape index (κ1) is 19.8. The fraction of sp³-hybridized carbons (Fsp3) is 0.529. The summed E-state index contributed by atoms with van der Waals surface area (Å²) in [6, 6.07) is 9.46. The van der Waals surface area contributed by atoms with Crippen LogP contribution in [0.1, 0.15) is 19.4 Å². The minimum Gasteiger partial charge on any atom is -0.463 e. The van der Waals surface area contributed by atoms with Crippen LogP contribution in [-0.4, -0.2) is 53.1 Å². The Morgan fingerprint density at radius 1 is 1.16 bits per heavy atom. The van der Waals surface area contributed by atoms with Gasteiger partial charge in [0.05, 0.1) is 6.61 Å². The molecule has 0 saturated carbocycles. The summed E-state index contributed by atoms with van der Waals surface area (Å²) < 4.78 is 21.6. The van der Waals surface area contributed by atoms with Crippen LogP contribution >= 0.6 is 15.9 Å². The van der Waals surface area contributed by atoms with Gasteiger partial charge in [0.15, 0.2) is 6.10 Å². The normalized spacial score (nSPS) is 29.0. The van der Waals surface area contributed by atoms with Crippen LogP contribution in [-0.2, 0) is 35.1 Å². The quantitative estimate of drug-likeness (QED) is 0.555. The molecule has 7 nitrogen and oxygen atoms in total. The van der Waals surface area contributed by atoms with E-state index in [-0.39, 0.29) is 13.2 Å². The van der Waals surface area contributed by atoms with Gasteiger partial charge in [0.2, 0.25) is 0 Å². The van der Waals surface area contributed by atoms with Gasteiger partial charge in [-0.25, -0.2) is 0 Å². The smallest absolute Gasteiger partial charge is 0.303 e. The van der Waals surface area contributed by atoms with Crippen LogP contribution < -0.4 is 0 Å². The summed E-state index contributed by atoms with van der Waals surface area (Å²) in [5.41, 5.74) is 0.931. The Labute approximate surface area is 154 Å². The highest BCUT2D eigenvalue weighted by Crippen LogP contribution is 2.30. The Hall–Kier alpha value is -1.48. The lowest BCUT2D eigenvalue weighted by Crippen LogP contribution is -2.59. The molecule has 1 aromatic rings. The van der Waals surface area contributed by atoms with E-state index in [0.717, 1.165) is 5.56 Å². The van der Waals surface area contributed by atoms with Gasteiger partial charge < -0.3 is 24.1 Å². The molecule has 1 aliphatic heterocycles. The average molecular weight is 417 g/mol. The van der Waals surface area contributed by atoms with E-state index < -0.39 is 41.4 Å². The zero-order chi connectivity index (χ0) is 18.4. The number of aliphatic hydroxyl groups is 1. The molecule has 25 heavy (non-hydrogen) atoms. The van der Waals surface area contributed by atoms with E-state index in [9.17, 15) is 14.7 Å². The van der Waals surface area contributed by atoms with Crippen molar-refractivity contribution in [2.24, 2.45) is 0 Å². The number of carbonyl (C=O) groups is 2. The van der Waals surface area contributed by atoms with E-state index in [1.807, 2.05) is 30.3 Å². The minimum atomic E-state index is -1.20. The van der Waals surface area contributed by atoms with Crippen LogP contribution in [0.3, 0.4) is 0 Å². The van der Waals surface area contributed by atoms with Crippen molar-refractivity contribution in [2.75, 3.05) is 6.61 Å². The van der Waals surface area contributed by atoms with E-state index >= 15 is 0 Å². The maximum absolute atomic E-state index is 11.4. The molecule has 1 N–H and O–H groups in total. The molecule has 8 heteroatoms. The number of alkyl halides is 1. The number of benzene rings is 1. The van der Waals surface area contributed by atoms with Crippen LogP contribution in [0.5, 0.6) is 0 Å². The van der Waals surface area contributed by atoms with E-state index in [0.29, 0.717) is 0 Å². The Morgan fingerprint density at radius 2 is 1.84 bits per heavy atom. The summed E-state index contributed by atoms with van der Waals surface area (Å²) in [7, 11) is 0. The molecule has 0 radical (unpaired) electrons. The topological polar surface area (TPSA) is 91.3 Å². The molecule has 1 heterocycles. The number of hydrogen-bond acceptors (Lipinski definition) is 7. The second-order valence-electron chi connectivity index (χ2n) is 5.65. The van der Waals surface area contributed by atoms with Crippen molar-refractivity contribution in [1.29, 1.82) is 0 Å². The Balaban J connectivity index is 2.08. The highest BCUT2D eigenvalue weighted by molar-refractivity contribution is 9.09. The zero-order valence-corrected chi connectivity index (χ0v) is 15.5. The summed E-state index contributed by atoms with van der Waals surface area (Å²) in [6.45, 7) is 2.62. The third-order valence-corrected chi connectivity index (χ3v) is 4.38. The number of rotatable bonds is 6. The number of carbonyl (C=O) groups excluding carboxylic acids is 2. The number of ether oxygens (including phenoxy) is 4. The first-order valence-electron chi connectivity index (χ1n) is 7.82. The molecule has 0 aliphatic carbocycles. The number of esters is 2. The Morgan fingerprint density at radius 3 is 2.44 bits per heavy atom. The molecule has 2 rings (SSSR count). The Bertz CT molecular complexity index is 580. The Kier molecular flexibility index (Phi) is 7.37. The molecule has 3 unspecified atom stereocenters. The molecule has 1 fully saturated rings. The third kappa shape index (κ3) is 5.78. The lowest BCUT2D eigenvalue weighted by molar-refractivity contribution is -0.232. The molecule has 1 aromatic carbocycles. The van der Waals surface area contributed by atoms with Crippen molar-refractivity contribution in [2.45, 2.75) is 49.9 Å². The van der Waals surface area contributed by atoms with E-state index in [1.165, 1.54) is 13.8 Å². The molecular weight excluding hydrogens is 396 g/mol. The van der Waals surface area contributed by atoms with Crippen molar-refractivity contribution >= 4 is 27.9 Å². The van der Waals surface area contributed by atoms with Crippen LogP contribution in [0.2, 0.25) is 0 Å². The van der Waals surface area contributed by atoms with Crippen LogP contribution in [0.4, 0.5) is 0 Å². The van der Waals surface area contributed by atoms with Gasteiger partial charge in [0.25, 0.3) is 0 Å². The first-order chi connectivity index (χ1) is 11.9. The first-order valence-corrected chi connectivity index (χ1v) is 8.73. The lowest BCUT2D eigenvalue weighted by Gasteiger charge is -2.41. The number of halogens is 1. The van der Waals surface area contributed by atoms with Crippen molar-refractivity contribution in [1.82, 2.24) is 0 Å². The molecule has 138 valence electrons. The number of aliphatic hydroxyl groups excluding tert-OH is 1. The van der Waals surface area contributed by atoms with Gasteiger partial charge in [-0.2, -0.15) is 0 Å². The largest absolute Gasteiger partial charge is 0.463 e. The molecular formula is C17H21BrO7. The van der Waals surface area contributed by atoms with Crippen molar-refractivity contribution in [3.8, 4) is 0 Å². The fourth-order valence-electron chi connectivity index (χ4n) is 2.48. The highest BCUT2D eigenvalue weighted by atomic mass is 79.9. The van der Waals surface area contributed by atoms with Gasteiger partial charge in [0, 0.05) is 13.8 Å². The average Bonchev–Trinajstić information content (AvgIpc) is 2.56. The predicted molar refractivity (Wildman–Crippen MR) is 90.8 cm³/mol. The lowest BCUT2D eigenvalue weighted by atomic mass is 10.00. The summed E-state index contributed by atoms with van der Waals surface area (Å²) in [5.74, 6) is -1.04. The van der Waals surface area contributed by atoms with Gasteiger partial charge in [-0.05, 0) is 5.56 Å². The summed E-state index contributed by atoms with van der Waals surface area (Å²) >= 11 is 3.34. The van der Waals surface area contributed by atoms with Gasteiger partial charge in [0.1, 0.15) is 29.9 Å². The second kappa shape index (κ2) is 9.28. The standard InChI is InChI=1S/C17H21BrO7/c1-10(19)22-9-13-14(21)15(24-11(2)20)16(17(18)25-13)23-8-12-6-4-3-5-7-12/h3-7,13-17,21H,8-9H2,1-2H3/t13?,14-,15?,16?,17+/m1/s1. The maximum Gasteiger partial charge on any atom is 0.303 e. The molecule has 0 aromatic heterocycles. The molecule has 5 atom stereocenters. The van der Waals surface area contributed by atoms with E-state index in [4.69, 9.17) is 18.9 Å². The monoisotopic (exact) mass is 416 g/mol. The molecule has 1 aliphatic rings. The van der Waals surface area contributed by atoms with Gasteiger partial charge in [-0.1, -0.05) is 46.3 Å². The maximum atomic E-state index is 11.4. The van der Waals surface area contributed by atoms with Crippen LogP contribution in [0, 0.1) is 0 Å². The van der Waals surface area contributed by atoms with Gasteiger partial charge in [-0.3, -0.25) is 9.59 Å². The highest BCUT2D eigenvalue weighted by Gasteiger charge is 2.47. The van der Waals surface area contributed by atoms with Gasteiger partial charge in [-0.15, -0.1) is 0 Å². The molecule has 0 spiro atoms. The van der Waals surface area contributed by atoms with Crippen molar-refractivity contribution in [3.05, 3.63) is 35.9 Å². The zero-order valence-electron chi connectivity index (χ0n) is 14.0. The summed E-state index contributed by atoms with van der Waals surface area (Å²) in [6.07, 6.45) is -3.72. The SMILES string of the molecule is CC(=O)OCC1O[C@H](Br)C(OCc2ccccc2)C(OC(C)=O)[C@@H]1O. The van der Waals surface area contributed by atoms with Crippen molar-refractivity contribution in [3.63, 3.8) is 0 Å². The fourth-order valence-corrected chi connectivity index (χ4v) is 3.21. The van der Waals surface area contributed by atoms with Crippen LogP contribution in [0.25, 0.3) is 0 Å². The van der Waals surface area contributed by atoms with Crippen molar-refractivity contribution < 1.29 is 33.6 Å². The number of hydrogen-bond donors (Lipinski definition) is 1. The molecule has 0 amide bonds. The van der Waals surface area contributed by atoms with E-state index in [1.54, 1.807) is 0 Å².